The lowest BCUT2D eigenvalue weighted by molar-refractivity contribution is 0.449. The molecule has 1 fully saturated rings. The lowest BCUT2D eigenvalue weighted by Gasteiger charge is -2.38. The van der Waals surface area contributed by atoms with E-state index in [1.165, 1.54) is 12.5 Å². The van der Waals surface area contributed by atoms with Crippen LogP contribution >= 0.6 is 0 Å². The average Bonchev–Trinajstić information content (AvgIpc) is 2.38. The summed E-state index contributed by atoms with van der Waals surface area (Å²) in [6.45, 7) is 3.07. The third-order valence-corrected chi connectivity index (χ3v) is 3.67. The summed E-state index contributed by atoms with van der Waals surface area (Å²) in [5.74, 6) is -0.594. The van der Waals surface area contributed by atoms with Crippen molar-refractivity contribution in [1.82, 2.24) is 0 Å². The number of nitrogens with one attached hydrogen (secondary N) is 1. The second-order valence-corrected chi connectivity index (χ2v) is 4.80. The molecule has 0 aromatic heterocycles. The van der Waals surface area contributed by atoms with Crippen molar-refractivity contribution in [3.8, 4) is 0 Å². The first-order valence-corrected chi connectivity index (χ1v) is 6.54. The van der Waals surface area contributed by atoms with Gasteiger partial charge in [-0.2, -0.15) is 0 Å². The molecule has 0 aliphatic carbocycles. The molecule has 1 unspecified atom stereocenters. The van der Waals surface area contributed by atoms with Gasteiger partial charge < -0.3 is 10.6 Å². The highest BCUT2D eigenvalue weighted by molar-refractivity contribution is 6.00. The molecule has 0 radical (unpaired) electrons. The average molecular weight is 249 g/mol. The number of rotatable bonds is 3. The summed E-state index contributed by atoms with van der Waals surface area (Å²) in [5, 5.41) is 7.57. The monoisotopic (exact) mass is 249 g/mol. The third kappa shape index (κ3) is 2.33. The Hall–Kier alpha value is -1.58. The zero-order valence-electron chi connectivity index (χ0n) is 10.7. The fourth-order valence-electron chi connectivity index (χ4n) is 2.76. The molecule has 98 valence electrons. The van der Waals surface area contributed by atoms with Gasteiger partial charge in [0.2, 0.25) is 0 Å². The number of hydrogen-bond donors (Lipinski definition) is 2. The van der Waals surface area contributed by atoms with Gasteiger partial charge in [-0.15, -0.1) is 0 Å². The fourth-order valence-corrected chi connectivity index (χ4v) is 2.76. The van der Waals surface area contributed by atoms with Gasteiger partial charge in [0.15, 0.2) is 0 Å². The number of hydrogen-bond acceptors (Lipinski definition) is 2. The predicted octanol–water partition coefficient (Wildman–Crippen LogP) is 2.88. The predicted molar refractivity (Wildman–Crippen MR) is 72.7 cm³/mol. The maximum absolute atomic E-state index is 13.8. The Morgan fingerprint density at radius 2 is 2.28 bits per heavy atom. The Bertz CT molecular complexity index is 445. The summed E-state index contributed by atoms with van der Waals surface area (Å²) in [7, 11) is 0. The van der Waals surface area contributed by atoms with Gasteiger partial charge in [-0.1, -0.05) is 13.0 Å². The van der Waals surface area contributed by atoms with Crippen molar-refractivity contribution in [2.24, 2.45) is 5.73 Å². The van der Waals surface area contributed by atoms with Crippen LogP contribution < -0.4 is 10.6 Å². The van der Waals surface area contributed by atoms with E-state index >= 15 is 0 Å². The SMILES string of the molecule is CCC1CCCCN1c1cccc(F)c1C(=N)N. The summed E-state index contributed by atoms with van der Waals surface area (Å²) >= 11 is 0. The maximum Gasteiger partial charge on any atom is 0.136 e. The number of nitrogens with two attached hydrogens (primary N) is 1. The van der Waals surface area contributed by atoms with Crippen LogP contribution in [0.5, 0.6) is 0 Å². The van der Waals surface area contributed by atoms with Crippen LogP contribution in [0.3, 0.4) is 0 Å². The van der Waals surface area contributed by atoms with Crippen LogP contribution in [0, 0.1) is 11.2 Å². The van der Waals surface area contributed by atoms with Crippen molar-refractivity contribution in [2.45, 2.75) is 38.6 Å². The molecular weight excluding hydrogens is 229 g/mol. The van der Waals surface area contributed by atoms with E-state index in [1.54, 1.807) is 6.07 Å². The molecule has 1 aliphatic rings. The highest BCUT2D eigenvalue weighted by Gasteiger charge is 2.24. The lowest BCUT2D eigenvalue weighted by atomic mass is 9.97. The van der Waals surface area contributed by atoms with E-state index in [-0.39, 0.29) is 11.4 Å². The van der Waals surface area contributed by atoms with Crippen LogP contribution in [0.4, 0.5) is 10.1 Å². The van der Waals surface area contributed by atoms with Crippen LogP contribution in [0.1, 0.15) is 38.2 Å². The molecule has 0 saturated carbocycles. The molecule has 18 heavy (non-hydrogen) atoms. The standard InChI is InChI=1S/C14H20FN3/c1-2-10-6-3-4-9-18(10)12-8-5-7-11(15)13(12)14(16)17/h5,7-8,10H,2-4,6,9H2,1H3,(H3,16,17). The molecule has 4 heteroatoms. The van der Waals surface area contributed by atoms with E-state index in [2.05, 4.69) is 11.8 Å². The van der Waals surface area contributed by atoms with Crippen molar-refractivity contribution in [1.29, 1.82) is 5.41 Å². The quantitative estimate of drug-likeness (QED) is 0.639. The Kier molecular flexibility index (Phi) is 3.84. The third-order valence-electron chi connectivity index (χ3n) is 3.67. The number of halogens is 1. The number of amidine groups is 1. The number of anilines is 1. The molecule has 1 heterocycles. The van der Waals surface area contributed by atoms with Crippen LogP contribution in [-0.4, -0.2) is 18.4 Å². The molecule has 1 atom stereocenters. The first-order chi connectivity index (χ1) is 8.65. The molecule has 0 spiro atoms. The number of piperidine rings is 1. The van der Waals surface area contributed by atoms with Gasteiger partial charge in [0.25, 0.3) is 0 Å². The first-order valence-electron chi connectivity index (χ1n) is 6.54. The molecule has 3 N–H and O–H groups in total. The van der Waals surface area contributed by atoms with Crippen LogP contribution in [0.25, 0.3) is 0 Å². The number of nitrogen functional groups attached to an aromatic ring is 1. The van der Waals surface area contributed by atoms with Gasteiger partial charge in [-0.05, 0) is 37.8 Å². The molecule has 0 amide bonds. The smallest absolute Gasteiger partial charge is 0.136 e. The fraction of sp³-hybridized carbons (Fsp3) is 0.500. The molecule has 2 rings (SSSR count). The highest BCUT2D eigenvalue weighted by Crippen LogP contribution is 2.30. The molecule has 1 aromatic rings. The normalized spacial score (nSPS) is 19.9. The minimum Gasteiger partial charge on any atom is -0.384 e. The van der Waals surface area contributed by atoms with Crippen molar-refractivity contribution in [3.05, 3.63) is 29.6 Å². The summed E-state index contributed by atoms with van der Waals surface area (Å²) in [6.07, 6.45) is 4.50. The van der Waals surface area contributed by atoms with E-state index in [1.807, 2.05) is 6.07 Å². The Morgan fingerprint density at radius 1 is 1.50 bits per heavy atom. The zero-order chi connectivity index (χ0) is 13.1. The second-order valence-electron chi connectivity index (χ2n) is 4.80. The molecule has 1 aliphatic heterocycles. The van der Waals surface area contributed by atoms with Crippen LogP contribution in [0.15, 0.2) is 18.2 Å². The summed E-state index contributed by atoms with van der Waals surface area (Å²) < 4.78 is 13.8. The van der Waals surface area contributed by atoms with Gasteiger partial charge >= 0.3 is 0 Å². The van der Waals surface area contributed by atoms with Crippen molar-refractivity contribution >= 4 is 11.5 Å². The van der Waals surface area contributed by atoms with E-state index in [9.17, 15) is 4.39 Å². The molecule has 3 nitrogen and oxygen atoms in total. The van der Waals surface area contributed by atoms with E-state index in [0.29, 0.717) is 6.04 Å². The summed E-state index contributed by atoms with van der Waals surface area (Å²) in [6, 6.07) is 5.36. The number of benzene rings is 1. The summed E-state index contributed by atoms with van der Waals surface area (Å²) in [4.78, 5) is 2.21. The molecule has 1 aromatic carbocycles. The minimum atomic E-state index is -0.402. The largest absolute Gasteiger partial charge is 0.384 e. The van der Waals surface area contributed by atoms with E-state index < -0.39 is 5.82 Å². The maximum atomic E-state index is 13.8. The van der Waals surface area contributed by atoms with Crippen LogP contribution in [0.2, 0.25) is 0 Å². The van der Waals surface area contributed by atoms with E-state index in [0.717, 1.165) is 31.5 Å². The van der Waals surface area contributed by atoms with Gasteiger partial charge in [-0.25, -0.2) is 4.39 Å². The number of nitrogens with zero attached hydrogens (tertiary/aromatic N) is 1. The Morgan fingerprint density at radius 3 is 2.94 bits per heavy atom. The van der Waals surface area contributed by atoms with Gasteiger partial charge in [-0.3, -0.25) is 5.41 Å². The Labute approximate surface area is 107 Å². The van der Waals surface area contributed by atoms with Gasteiger partial charge in [0.05, 0.1) is 11.3 Å². The molecule has 1 saturated heterocycles. The minimum absolute atomic E-state index is 0.191. The Balaban J connectivity index is 2.42. The topological polar surface area (TPSA) is 53.1 Å². The molecular formula is C14H20FN3. The summed E-state index contributed by atoms with van der Waals surface area (Å²) in [5.41, 5.74) is 6.55. The van der Waals surface area contributed by atoms with Gasteiger partial charge in [0, 0.05) is 12.6 Å². The van der Waals surface area contributed by atoms with Gasteiger partial charge in [0.1, 0.15) is 11.7 Å². The first kappa shape index (κ1) is 12.9. The second kappa shape index (κ2) is 5.38. The van der Waals surface area contributed by atoms with Crippen molar-refractivity contribution < 1.29 is 4.39 Å². The highest BCUT2D eigenvalue weighted by atomic mass is 19.1. The van der Waals surface area contributed by atoms with Crippen LogP contribution in [-0.2, 0) is 0 Å². The molecule has 0 bridgehead atoms. The van der Waals surface area contributed by atoms with Crippen molar-refractivity contribution in [3.63, 3.8) is 0 Å². The van der Waals surface area contributed by atoms with E-state index in [4.69, 9.17) is 11.1 Å². The lowest BCUT2D eigenvalue weighted by Crippen LogP contribution is -2.40. The zero-order valence-corrected chi connectivity index (χ0v) is 10.7. The van der Waals surface area contributed by atoms with Crippen molar-refractivity contribution in [2.75, 3.05) is 11.4 Å².